The fraction of sp³-hybridized carbons (Fsp3) is 0.500. The molecule has 0 aromatic heterocycles. The number of carbonyl (C=O) groups is 1. The number of hydrogen-bond donors (Lipinski definition) is 2. The van der Waals surface area contributed by atoms with Gasteiger partial charge in [0.2, 0.25) is 0 Å². The zero-order valence-corrected chi connectivity index (χ0v) is 12.1. The topological polar surface area (TPSA) is 32.3 Å². The Bertz CT molecular complexity index is 481. The van der Waals surface area contributed by atoms with Gasteiger partial charge in [-0.1, -0.05) is 6.92 Å². The number of halogens is 1. The summed E-state index contributed by atoms with van der Waals surface area (Å²) in [5, 5.41) is 2.93. The van der Waals surface area contributed by atoms with Crippen molar-refractivity contribution >= 4 is 18.5 Å². The molecule has 104 valence electrons. The molecule has 1 fully saturated rings. The van der Waals surface area contributed by atoms with Crippen molar-refractivity contribution < 1.29 is 9.18 Å². The molecule has 0 aliphatic carbocycles. The first-order valence-electron chi connectivity index (χ1n) is 6.45. The van der Waals surface area contributed by atoms with E-state index in [-0.39, 0.29) is 17.5 Å². The van der Waals surface area contributed by atoms with E-state index < -0.39 is 5.82 Å². The highest BCUT2D eigenvalue weighted by Crippen LogP contribution is 2.18. The van der Waals surface area contributed by atoms with Crippen molar-refractivity contribution in [1.29, 1.82) is 0 Å². The zero-order chi connectivity index (χ0) is 14.0. The predicted molar refractivity (Wildman–Crippen MR) is 76.2 cm³/mol. The minimum atomic E-state index is -0.504. The third-order valence-electron chi connectivity index (χ3n) is 3.62. The van der Waals surface area contributed by atoms with Crippen molar-refractivity contribution in [1.82, 2.24) is 10.2 Å². The van der Waals surface area contributed by atoms with Crippen molar-refractivity contribution in [2.24, 2.45) is 5.92 Å². The van der Waals surface area contributed by atoms with E-state index in [0.29, 0.717) is 10.8 Å². The Morgan fingerprint density at radius 2 is 2.26 bits per heavy atom. The van der Waals surface area contributed by atoms with Crippen LogP contribution in [-0.4, -0.2) is 37.0 Å². The summed E-state index contributed by atoms with van der Waals surface area (Å²) in [6.45, 7) is 4.00. The molecule has 5 heteroatoms. The van der Waals surface area contributed by atoms with Crippen LogP contribution in [-0.2, 0) is 0 Å². The summed E-state index contributed by atoms with van der Waals surface area (Å²) in [5.74, 6) is -0.490. The van der Waals surface area contributed by atoms with Gasteiger partial charge in [0, 0.05) is 17.5 Å². The molecule has 2 unspecified atom stereocenters. The summed E-state index contributed by atoms with van der Waals surface area (Å²) in [7, 11) is 2.07. The van der Waals surface area contributed by atoms with Gasteiger partial charge in [-0.15, -0.1) is 12.6 Å². The summed E-state index contributed by atoms with van der Waals surface area (Å²) in [4.78, 5) is 14.9. The molecule has 2 rings (SSSR count). The van der Waals surface area contributed by atoms with Gasteiger partial charge < -0.3 is 10.2 Å². The summed E-state index contributed by atoms with van der Waals surface area (Å²) in [6, 6.07) is 4.38. The molecule has 1 N–H and O–H groups in total. The maximum absolute atomic E-state index is 13.6. The standard InChI is InChI=1S/C14H19FN2OS/c1-9-8-17(2)6-5-13(9)16-14(18)11-7-10(19)3-4-12(11)15/h3-4,7,9,13,19H,5-6,8H2,1-2H3,(H,16,18). The molecule has 1 aliphatic heterocycles. The highest BCUT2D eigenvalue weighted by Gasteiger charge is 2.26. The minimum absolute atomic E-state index is 0.0682. The van der Waals surface area contributed by atoms with Crippen molar-refractivity contribution in [3.63, 3.8) is 0 Å². The van der Waals surface area contributed by atoms with Crippen LogP contribution < -0.4 is 5.32 Å². The number of hydrogen-bond acceptors (Lipinski definition) is 3. The van der Waals surface area contributed by atoms with Crippen molar-refractivity contribution in [3.05, 3.63) is 29.6 Å². The lowest BCUT2D eigenvalue weighted by Crippen LogP contribution is -2.49. The molecule has 0 bridgehead atoms. The average Bonchev–Trinajstić information content (AvgIpc) is 2.35. The highest BCUT2D eigenvalue weighted by molar-refractivity contribution is 7.80. The third-order valence-corrected chi connectivity index (χ3v) is 3.90. The molecule has 1 saturated heterocycles. The largest absolute Gasteiger partial charge is 0.349 e. The van der Waals surface area contributed by atoms with Gasteiger partial charge >= 0.3 is 0 Å². The van der Waals surface area contributed by atoms with Crippen molar-refractivity contribution in [3.8, 4) is 0 Å². The first kappa shape index (κ1) is 14.3. The van der Waals surface area contributed by atoms with Crippen molar-refractivity contribution in [2.45, 2.75) is 24.3 Å². The summed E-state index contributed by atoms with van der Waals surface area (Å²) < 4.78 is 13.6. The molecule has 1 aromatic rings. The molecule has 0 saturated carbocycles. The molecule has 1 aromatic carbocycles. The van der Waals surface area contributed by atoms with E-state index in [1.165, 1.54) is 18.2 Å². The van der Waals surface area contributed by atoms with Gasteiger partial charge in [-0.25, -0.2) is 4.39 Å². The Balaban J connectivity index is 2.06. The average molecular weight is 282 g/mol. The number of benzene rings is 1. The van der Waals surface area contributed by atoms with E-state index in [9.17, 15) is 9.18 Å². The van der Waals surface area contributed by atoms with Gasteiger partial charge in [-0.2, -0.15) is 0 Å². The second kappa shape index (κ2) is 5.92. The van der Waals surface area contributed by atoms with E-state index in [4.69, 9.17) is 0 Å². The fourth-order valence-corrected chi connectivity index (χ4v) is 2.71. The van der Waals surface area contributed by atoms with Crippen LogP contribution in [0, 0.1) is 11.7 Å². The fourth-order valence-electron chi connectivity index (χ4n) is 2.50. The van der Waals surface area contributed by atoms with Gasteiger partial charge in [0.15, 0.2) is 0 Å². The van der Waals surface area contributed by atoms with Crippen LogP contribution in [0.3, 0.4) is 0 Å². The van der Waals surface area contributed by atoms with Gasteiger partial charge in [0.25, 0.3) is 5.91 Å². The van der Waals surface area contributed by atoms with E-state index >= 15 is 0 Å². The van der Waals surface area contributed by atoms with Crippen LogP contribution in [0.4, 0.5) is 4.39 Å². The SMILES string of the molecule is CC1CN(C)CCC1NC(=O)c1cc(S)ccc1F. The molecule has 1 aliphatic rings. The Hall–Kier alpha value is -1.07. The molecule has 0 radical (unpaired) electrons. The van der Waals surface area contributed by atoms with Crippen molar-refractivity contribution in [2.75, 3.05) is 20.1 Å². The van der Waals surface area contributed by atoms with Gasteiger partial charge in [-0.05, 0) is 44.1 Å². The smallest absolute Gasteiger partial charge is 0.254 e. The lowest BCUT2D eigenvalue weighted by Gasteiger charge is -2.35. The molecular weight excluding hydrogens is 263 g/mol. The minimum Gasteiger partial charge on any atom is -0.349 e. The number of likely N-dealkylation sites (tertiary alicyclic amines) is 1. The number of amides is 1. The molecule has 19 heavy (non-hydrogen) atoms. The number of carbonyl (C=O) groups excluding carboxylic acids is 1. The third kappa shape index (κ3) is 3.48. The van der Waals surface area contributed by atoms with Crippen LogP contribution in [0.1, 0.15) is 23.7 Å². The van der Waals surface area contributed by atoms with E-state index in [1.54, 1.807) is 0 Å². The van der Waals surface area contributed by atoms with Crippen LogP contribution in [0.25, 0.3) is 0 Å². The maximum Gasteiger partial charge on any atom is 0.254 e. The highest BCUT2D eigenvalue weighted by atomic mass is 32.1. The van der Waals surface area contributed by atoms with Crippen LogP contribution in [0.5, 0.6) is 0 Å². The second-order valence-corrected chi connectivity index (χ2v) is 5.79. The quantitative estimate of drug-likeness (QED) is 0.815. The van der Waals surface area contributed by atoms with Crippen LogP contribution in [0.15, 0.2) is 23.1 Å². The van der Waals surface area contributed by atoms with E-state index in [0.717, 1.165) is 19.5 Å². The zero-order valence-electron chi connectivity index (χ0n) is 11.2. The summed E-state index contributed by atoms with van der Waals surface area (Å²) >= 11 is 4.14. The van der Waals surface area contributed by atoms with E-state index in [1.807, 2.05) is 0 Å². The Morgan fingerprint density at radius 1 is 1.53 bits per heavy atom. The number of piperidine rings is 1. The normalized spacial score (nSPS) is 24.2. The number of thiol groups is 1. The summed E-state index contributed by atoms with van der Waals surface area (Å²) in [6.07, 6.45) is 0.894. The van der Waals surface area contributed by atoms with Gasteiger partial charge in [0.1, 0.15) is 5.82 Å². The van der Waals surface area contributed by atoms with E-state index in [2.05, 4.69) is 36.8 Å². The first-order valence-corrected chi connectivity index (χ1v) is 6.90. The second-order valence-electron chi connectivity index (χ2n) is 5.27. The lowest BCUT2D eigenvalue weighted by atomic mass is 9.94. The predicted octanol–water partition coefficient (Wildman–Crippen LogP) is 2.18. The lowest BCUT2D eigenvalue weighted by molar-refractivity contribution is 0.0879. The molecule has 3 nitrogen and oxygen atoms in total. The molecule has 1 heterocycles. The Morgan fingerprint density at radius 3 is 2.95 bits per heavy atom. The Labute approximate surface area is 118 Å². The number of rotatable bonds is 2. The first-order chi connectivity index (χ1) is 8.97. The Kier molecular flexibility index (Phi) is 4.47. The molecular formula is C14H19FN2OS. The molecule has 0 spiro atoms. The van der Waals surface area contributed by atoms with Crippen LogP contribution in [0.2, 0.25) is 0 Å². The molecule has 1 amide bonds. The van der Waals surface area contributed by atoms with Crippen LogP contribution >= 0.6 is 12.6 Å². The number of nitrogens with one attached hydrogen (secondary N) is 1. The van der Waals surface area contributed by atoms with Gasteiger partial charge in [-0.3, -0.25) is 4.79 Å². The maximum atomic E-state index is 13.6. The summed E-state index contributed by atoms with van der Waals surface area (Å²) in [5.41, 5.74) is 0.0682. The molecule has 2 atom stereocenters. The van der Waals surface area contributed by atoms with Gasteiger partial charge in [0.05, 0.1) is 5.56 Å². The monoisotopic (exact) mass is 282 g/mol. The number of nitrogens with zero attached hydrogens (tertiary/aromatic N) is 1.